The first-order valence-electron chi connectivity index (χ1n) is 23.4. The molecule has 18 nitrogen and oxygen atoms in total. The molecule has 0 aromatic carbocycles. The zero-order valence-electron chi connectivity index (χ0n) is 40.4. The molecule has 5 rings (SSSR count). The average Bonchev–Trinajstić information content (AvgIpc) is 3.31. The van der Waals surface area contributed by atoms with Gasteiger partial charge in [0.2, 0.25) is 0 Å². The van der Waals surface area contributed by atoms with Crippen LogP contribution in [0.1, 0.15) is 65.9 Å². The van der Waals surface area contributed by atoms with Gasteiger partial charge in [-0.25, -0.2) is 4.98 Å². The average molecular weight is 969 g/mol. The number of carbonyl (C=O) groups excluding carboxylic acids is 2. The Morgan fingerprint density at radius 3 is 2.36 bits per heavy atom. The fraction of sp³-hybridized carbons (Fsp3) is 0.750. The fourth-order valence-corrected chi connectivity index (χ4v) is 9.25. The van der Waals surface area contributed by atoms with Crippen molar-refractivity contribution in [1.82, 2.24) is 9.88 Å². The van der Waals surface area contributed by atoms with E-state index in [0.717, 1.165) is 11.1 Å². The summed E-state index contributed by atoms with van der Waals surface area (Å²) < 4.78 is 55.2. The Bertz CT molecular complexity index is 1790. The van der Waals surface area contributed by atoms with E-state index in [2.05, 4.69) is 10.1 Å². The van der Waals surface area contributed by atoms with Crippen molar-refractivity contribution in [3.8, 4) is 0 Å². The van der Waals surface area contributed by atoms with Gasteiger partial charge in [-0.3, -0.25) is 9.59 Å². The maximum absolute atomic E-state index is 14.1. The molecular weight excluding hydrogens is 894 g/mol. The highest BCUT2D eigenvalue weighted by Crippen LogP contribution is 2.36. The number of oxime groups is 1. The van der Waals surface area contributed by atoms with Gasteiger partial charge in [0, 0.05) is 44.8 Å². The molecule has 0 aliphatic carbocycles. The van der Waals surface area contributed by atoms with Gasteiger partial charge in [0.1, 0.15) is 41.9 Å². The van der Waals surface area contributed by atoms with Gasteiger partial charge in [-0.15, -0.1) is 0 Å². The minimum Gasteiger partial charge on any atom is -0.465 e. The fourth-order valence-electron chi connectivity index (χ4n) is 9.13. The number of aryl methyl sites for hydroxylation is 1. The van der Waals surface area contributed by atoms with Gasteiger partial charge in [-0.05, 0) is 84.2 Å². The summed E-state index contributed by atoms with van der Waals surface area (Å²) in [6.45, 7) is 9.60. The number of cyclic esters (lactones) is 1. The van der Waals surface area contributed by atoms with Crippen LogP contribution in [0.25, 0.3) is 0 Å². The molecule has 67 heavy (non-hydrogen) atoms. The maximum atomic E-state index is 14.1. The molecule has 19 heteroatoms. The third-order valence-corrected chi connectivity index (χ3v) is 13.3. The number of aromatic nitrogens is 1. The van der Waals surface area contributed by atoms with Gasteiger partial charge in [-0.2, -0.15) is 0 Å². The molecule has 1 aromatic rings. The molecule has 378 valence electrons. The van der Waals surface area contributed by atoms with Crippen LogP contribution in [0.15, 0.2) is 47.3 Å². The number of ketones is 1. The van der Waals surface area contributed by atoms with Crippen molar-refractivity contribution in [3.63, 3.8) is 0 Å². The number of aliphatic hydroxyl groups excluding tert-OH is 3. The summed E-state index contributed by atoms with van der Waals surface area (Å²) in [5, 5.41) is 38.2. The quantitative estimate of drug-likeness (QED) is 0.111. The van der Waals surface area contributed by atoms with Crippen LogP contribution in [0.2, 0.25) is 5.15 Å². The second-order valence-electron chi connectivity index (χ2n) is 18.5. The molecule has 4 aliphatic heterocycles. The van der Waals surface area contributed by atoms with E-state index in [-0.39, 0.29) is 51.2 Å². The van der Waals surface area contributed by atoms with Gasteiger partial charge >= 0.3 is 5.97 Å². The molecule has 0 radical (unpaired) electrons. The number of hydrogen-bond acceptors (Lipinski definition) is 18. The van der Waals surface area contributed by atoms with Crippen LogP contribution in [-0.2, 0) is 63.5 Å². The Labute approximate surface area is 400 Å². The van der Waals surface area contributed by atoms with Gasteiger partial charge < -0.3 is 67.7 Å². The molecule has 2 bridgehead atoms. The molecule has 1 aromatic heterocycles. The lowest BCUT2D eigenvalue weighted by atomic mass is 9.79. The number of ether oxygens (including phenoxy) is 9. The van der Waals surface area contributed by atoms with Crippen molar-refractivity contribution in [3.05, 3.63) is 52.8 Å². The first-order valence-corrected chi connectivity index (χ1v) is 23.8. The Hall–Kier alpha value is -2.95. The number of nitrogens with zero attached hydrogens (tertiary/aromatic N) is 3. The van der Waals surface area contributed by atoms with Crippen LogP contribution in [0.3, 0.4) is 0 Å². The van der Waals surface area contributed by atoms with E-state index in [1.807, 2.05) is 32.9 Å². The normalized spacial score (nSPS) is 38.5. The molecule has 0 saturated carbocycles. The van der Waals surface area contributed by atoms with E-state index < -0.39 is 97.3 Å². The van der Waals surface area contributed by atoms with E-state index in [9.17, 15) is 24.9 Å². The topological polar surface area (TPSA) is 216 Å². The number of aliphatic hydroxyl groups is 3. The number of pyridine rings is 1. The summed E-state index contributed by atoms with van der Waals surface area (Å²) in [5.41, 5.74) is 2.21. The molecule has 3 fully saturated rings. The third-order valence-electron chi connectivity index (χ3n) is 13.1. The molecule has 0 amide bonds. The predicted octanol–water partition coefficient (Wildman–Crippen LogP) is 3.69. The molecule has 16 atom stereocenters. The lowest BCUT2D eigenvalue weighted by molar-refractivity contribution is -0.305. The lowest BCUT2D eigenvalue weighted by Crippen LogP contribution is -2.63. The SMILES string of the molecule is CO[C@@H]1[C@H](O)[C@@H](C)O[C@@H](OC[C@H]2/C=C(C)/C=C/C(=O)[C@H](C)CC3CCOC/C(=N\OCCCc4ccc(Cl)nc4)CO[C@H](CC(=O)OC2)[C@H](C)[C@H]3O[C@@H]2O[C@H](C)[C@@H](O)[C@H](N(C)C)[C@H]2O)[C@@H]1OC. The van der Waals surface area contributed by atoms with Crippen molar-refractivity contribution in [2.24, 2.45) is 28.8 Å². The zero-order valence-corrected chi connectivity index (χ0v) is 41.2. The van der Waals surface area contributed by atoms with E-state index in [0.29, 0.717) is 43.2 Å². The van der Waals surface area contributed by atoms with Crippen LogP contribution in [-0.4, -0.2) is 184 Å². The van der Waals surface area contributed by atoms with E-state index in [1.165, 1.54) is 14.2 Å². The summed E-state index contributed by atoms with van der Waals surface area (Å²) in [5.74, 6) is -2.55. The van der Waals surface area contributed by atoms with E-state index in [4.69, 9.17) is 59.1 Å². The second-order valence-corrected chi connectivity index (χ2v) is 18.9. The van der Waals surface area contributed by atoms with Gasteiger partial charge in [0.05, 0.1) is 69.4 Å². The first kappa shape index (κ1) is 55.0. The van der Waals surface area contributed by atoms with E-state index >= 15 is 0 Å². The summed E-state index contributed by atoms with van der Waals surface area (Å²) in [7, 11) is 6.50. The van der Waals surface area contributed by atoms with Crippen LogP contribution >= 0.6 is 11.6 Å². The van der Waals surface area contributed by atoms with Crippen LogP contribution in [0, 0.1) is 23.7 Å². The number of allylic oxidation sites excluding steroid dienone is 3. The summed E-state index contributed by atoms with van der Waals surface area (Å²) in [6.07, 6.45) is -0.769. The van der Waals surface area contributed by atoms with Gasteiger partial charge in [0.15, 0.2) is 18.4 Å². The smallest absolute Gasteiger partial charge is 0.308 e. The summed E-state index contributed by atoms with van der Waals surface area (Å²) in [4.78, 5) is 39.6. The standard InChI is InChI=1S/C48H74ClN3O15/c1-27-12-14-36(53)28(2)20-34-16-18-60-25-35(51-64-17-10-11-32-13-15-38(49)50-22-32)26-61-37(29(3)44(34)67-47-43(57)40(52(6)7)41(55)30(4)65-47)21-39(54)62-23-33(19-27)24-63-48-46(59-9)45(58-8)42(56)31(5)66-48/h12-15,19,22,28-31,33-34,37,40-48,55-57H,10-11,16-18,20-21,23-26H2,1-9H3/b14-12+,27-19+,51-35+/t28-,29+,30-,31-,33+,34?,37-,40+,41-,42-,43-,44-,45-,46-,47+,48-/m1/s1. The molecule has 3 saturated heterocycles. The van der Waals surface area contributed by atoms with Crippen molar-refractivity contribution in [2.75, 3.05) is 68.0 Å². The van der Waals surface area contributed by atoms with Crippen molar-refractivity contribution < 1.29 is 72.4 Å². The van der Waals surface area contributed by atoms with Crippen molar-refractivity contribution in [2.45, 2.75) is 140 Å². The number of halogens is 1. The Morgan fingerprint density at radius 2 is 1.66 bits per heavy atom. The minimum atomic E-state index is -1.25. The highest BCUT2D eigenvalue weighted by atomic mass is 35.5. The van der Waals surface area contributed by atoms with Crippen LogP contribution in [0.4, 0.5) is 0 Å². The molecule has 5 heterocycles. The highest BCUT2D eigenvalue weighted by Gasteiger charge is 2.48. The summed E-state index contributed by atoms with van der Waals surface area (Å²) >= 11 is 5.94. The third kappa shape index (κ3) is 15.8. The number of carbonyl (C=O) groups is 2. The van der Waals surface area contributed by atoms with Crippen molar-refractivity contribution in [1.29, 1.82) is 0 Å². The molecule has 4 aliphatic rings. The zero-order chi connectivity index (χ0) is 48.8. The lowest BCUT2D eigenvalue weighted by Gasteiger charge is -2.47. The maximum Gasteiger partial charge on any atom is 0.308 e. The second kappa shape index (κ2) is 26.9. The highest BCUT2D eigenvalue weighted by molar-refractivity contribution is 6.29. The number of hydrogen-bond donors (Lipinski definition) is 3. The van der Waals surface area contributed by atoms with Gasteiger partial charge in [-0.1, -0.05) is 54.4 Å². The van der Waals surface area contributed by atoms with Crippen LogP contribution in [0.5, 0.6) is 0 Å². The Morgan fingerprint density at radius 1 is 0.925 bits per heavy atom. The summed E-state index contributed by atoms with van der Waals surface area (Å²) in [6, 6.07) is 2.95. The predicted molar refractivity (Wildman–Crippen MR) is 246 cm³/mol. The van der Waals surface area contributed by atoms with Gasteiger partial charge in [0.25, 0.3) is 0 Å². The van der Waals surface area contributed by atoms with Crippen LogP contribution < -0.4 is 0 Å². The first-order chi connectivity index (χ1) is 32.0. The number of esters is 1. The Balaban J connectivity index is 1.43. The molecular formula is C48H74ClN3O15. The minimum absolute atomic E-state index is 0.0295. The van der Waals surface area contributed by atoms with Crippen molar-refractivity contribution >= 4 is 29.1 Å². The van der Waals surface area contributed by atoms with E-state index in [1.54, 1.807) is 57.3 Å². The molecule has 0 spiro atoms. The number of rotatable bonds is 13. The molecule has 3 N–H and O–H groups in total. The molecule has 1 unspecified atom stereocenters. The number of fused-ring (bicyclic) bond motifs is 3. The number of likely N-dealkylation sites (N-methyl/N-ethyl adjacent to an activating group) is 1. The number of methoxy groups -OCH3 is 2. The Kier molecular flexibility index (Phi) is 22.1. The monoisotopic (exact) mass is 967 g/mol. The largest absolute Gasteiger partial charge is 0.465 e.